The summed E-state index contributed by atoms with van der Waals surface area (Å²) in [7, 11) is 0. The first-order valence-corrected chi connectivity index (χ1v) is 5.68. The molecule has 1 amide bonds. The van der Waals surface area contributed by atoms with Crippen molar-refractivity contribution in [2.45, 2.75) is 13.8 Å². The van der Waals surface area contributed by atoms with E-state index in [-0.39, 0.29) is 5.56 Å². The van der Waals surface area contributed by atoms with E-state index in [2.05, 4.69) is 10.3 Å². The van der Waals surface area contributed by atoms with E-state index in [9.17, 15) is 14.4 Å². The molecule has 0 radical (unpaired) electrons. The van der Waals surface area contributed by atoms with Crippen molar-refractivity contribution in [3.05, 3.63) is 61.9 Å². The van der Waals surface area contributed by atoms with E-state index >= 15 is 0 Å². The molecule has 6 nitrogen and oxygen atoms in total. The molecule has 1 aromatic carbocycles. The summed E-state index contributed by atoms with van der Waals surface area (Å²) in [4.78, 5) is 38.5. The minimum atomic E-state index is -0.718. The van der Waals surface area contributed by atoms with Crippen LogP contribution in [-0.2, 0) is 0 Å². The average Bonchev–Trinajstić information content (AvgIpc) is 2.33. The lowest BCUT2D eigenvalue weighted by atomic mass is 10.1. The average molecular weight is 259 g/mol. The Hall–Kier alpha value is -2.63. The number of aromatic amines is 2. The van der Waals surface area contributed by atoms with Crippen LogP contribution in [0.5, 0.6) is 0 Å². The van der Waals surface area contributed by atoms with Crippen molar-refractivity contribution in [3.8, 4) is 0 Å². The Morgan fingerprint density at radius 3 is 2.53 bits per heavy atom. The molecule has 0 fully saturated rings. The molecule has 0 aliphatic carbocycles. The molecule has 0 bridgehead atoms. The Bertz CT molecular complexity index is 743. The van der Waals surface area contributed by atoms with Crippen LogP contribution < -0.4 is 16.6 Å². The van der Waals surface area contributed by atoms with Gasteiger partial charge in [0.1, 0.15) is 5.56 Å². The second-order valence-corrected chi connectivity index (χ2v) is 4.24. The van der Waals surface area contributed by atoms with E-state index in [1.54, 1.807) is 6.07 Å². The molecule has 19 heavy (non-hydrogen) atoms. The molecule has 1 heterocycles. The molecule has 0 saturated carbocycles. The number of amides is 1. The number of benzene rings is 1. The molecule has 0 saturated heterocycles. The number of H-pyrrole nitrogens is 2. The Morgan fingerprint density at radius 2 is 1.89 bits per heavy atom. The van der Waals surface area contributed by atoms with Gasteiger partial charge in [0.15, 0.2) is 0 Å². The molecule has 2 aromatic rings. The maximum absolute atomic E-state index is 11.9. The molecule has 3 N–H and O–H groups in total. The van der Waals surface area contributed by atoms with E-state index in [1.165, 1.54) is 0 Å². The molecule has 0 aliphatic heterocycles. The van der Waals surface area contributed by atoms with Gasteiger partial charge in [-0.05, 0) is 37.1 Å². The summed E-state index contributed by atoms with van der Waals surface area (Å²) in [6, 6.07) is 5.44. The van der Waals surface area contributed by atoms with Crippen LogP contribution in [0.3, 0.4) is 0 Å². The first-order valence-electron chi connectivity index (χ1n) is 5.68. The minimum Gasteiger partial charge on any atom is -0.322 e. The molecule has 2 rings (SSSR count). The highest BCUT2D eigenvalue weighted by Gasteiger charge is 2.11. The highest BCUT2D eigenvalue weighted by Crippen LogP contribution is 2.14. The summed E-state index contributed by atoms with van der Waals surface area (Å²) in [5.74, 6) is -0.569. The number of hydrogen-bond donors (Lipinski definition) is 3. The lowest BCUT2D eigenvalue weighted by molar-refractivity contribution is 0.102. The fourth-order valence-corrected chi connectivity index (χ4v) is 1.60. The highest BCUT2D eigenvalue weighted by molar-refractivity contribution is 6.03. The third-order valence-corrected chi connectivity index (χ3v) is 2.83. The largest absolute Gasteiger partial charge is 0.325 e. The minimum absolute atomic E-state index is 0.141. The normalized spacial score (nSPS) is 10.2. The van der Waals surface area contributed by atoms with E-state index in [0.717, 1.165) is 17.3 Å². The van der Waals surface area contributed by atoms with Crippen molar-refractivity contribution in [1.82, 2.24) is 9.97 Å². The third-order valence-electron chi connectivity index (χ3n) is 2.83. The van der Waals surface area contributed by atoms with Gasteiger partial charge in [0.2, 0.25) is 0 Å². The Kier molecular flexibility index (Phi) is 3.33. The van der Waals surface area contributed by atoms with Crippen molar-refractivity contribution >= 4 is 11.6 Å². The Balaban J connectivity index is 2.28. The SMILES string of the molecule is Cc1ccc(NC(=O)c2c[nH]c(=O)[nH]c2=O)cc1C. The Morgan fingerprint density at radius 1 is 1.16 bits per heavy atom. The highest BCUT2D eigenvalue weighted by atomic mass is 16.2. The summed E-state index contributed by atoms with van der Waals surface area (Å²) < 4.78 is 0. The number of nitrogens with one attached hydrogen (secondary N) is 3. The fraction of sp³-hybridized carbons (Fsp3) is 0.154. The first kappa shape index (κ1) is 12.8. The van der Waals surface area contributed by atoms with Gasteiger partial charge in [-0.25, -0.2) is 4.79 Å². The second-order valence-electron chi connectivity index (χ2n) is 4.24. The van der Waals surface area contributed by atoms with Crippen LogP contribution >= 0.6 is 0 Å². The molecule has 6 heteroatoms. The van der Waals surface area contributed by atoms with Crippen LogP contribution in [0.1, 0.15) is 21.5 Å². The van der Waals surface area contributed by atoms with Crippen LogP contribution in [0.15, 0.2) is 34.0 Å². The van der Waals surface area contributed by atoms with Gasteiger partial charge >= 0.3 is 5.69 Å². The molecule has 0 aliphatic rings. The van der Waals surface area contributed by atoms with Gasteiger partial charge in [-0.1, -0.05) is 6.07 Å². The zero-order chi connectivity index (χ0) is 14.0. The van der Waals surface area contributed by atoms with Gasteiger partial charge in [-0.3, -0.25) is 14.6 Å². The number of anilines is 1. The second kappa shape index (κ2) is 4.93. The van der Waals surface area contributed by atoms with E-state index in [4.69, 9.17) is 0 Å². The molecule has 0 spiro atoms. The number of aryl methyl sites for hydroxylation is 2. The monoisotopic (exact) mass is 259 g/mol. The summed E-state index contributed by atoms with van der Waals surface area (Å²) in [6.07, 6.45) is 1.09. The predicted molar refractivity (Wildman–Crippen MR) is 71.6 cm³/mol. The van der Waals surface area contributed by atoms with Crippen molar-refractivity contribution < 1.29 is 4.79 Å². The van der Waals surface area contributed by atoms with Crippen LogP contribution in [0, 0.1) is 13.8 Å². The lowest BCUT2D eigenvalue weighted by Gasteiger charge is -2.07. The van der Waals surface area contributed by atoms with E-state index in [0.29, 0.717) is 5.69 Å². The van der Waals surface area contributed by atoms with Crippen molar-refractivity contribution in [2.24, 2.45) is 0 Å². The van der Waals surface area contributed by atoms with Gasteiger partial charge in [-0.15, -0.1) is 0 Å². The zero-order valence-electron chi connectivity index (χ0n) is 10.5. The smallest absolute Gasteiger partial charge is 0.322 e. The Labute approximate surface area is 108 Å². The fourth-order valence-electron chi connectivity index (χ4n) is 1.60. The summed E-state index contributed by atoms with van der Waals surface area (Å²) in [6.45, 7) is 3.89. The molecule has 0 atom stereocenters. The number of aromatic nitrogens is 2. The van der Waals surface area contributed by atoms with Crippen molar-refractivity contribution in [2.75, 3.05) is 5.32 Å². The van der Waals surface area contributed by atoms with Gasteiger partial charge in [0.25, 0.3) is 11.5 Å². The maximum atomic E-state index is 11.9. The van der Waals surface area contributed by atoms with Gasteiger partial charge in [0.05, 0.1) is 0 Å². The quantitative estimate of drug-likeness (QED) is 0.748. The van der Waals surface area contributed by atoms with Gasteiger partial charge in [0, 0.05) is 11.9 Å². The molecular formula is C13H13N3O3. The van der Waals surface area contributed by atoms with Gasteiger partial charge in [-0.2, -0.15) is 0 Å². The maximum Gasteiger partial charge on any atom is 0.325 e. The van der Waals surface area contributed by atoms with Crippen molar-refractivity contribution in [1.29, 1.82) is 0 Å². The third kappa shape index (κ3) is 2.79. The standard InChI is InChI=1S/C13H13N3O3/c1-7-3-4-9(5-8(7)2)15-11(17)10-6-14-13(19)16-12(10)18/h3-6H,1-2H3,(H,15,17)(H2,14,16,18,19). The van der Waals surface area contributed by atoms with Crippen LogP contribution in [0.2, 0.25) is 0 Å². The summed E-state index contributed by atoms with van der Waals surface area (Å²) in [5, 5.41) is 2.61. The number of hydrogen-bond acceptors (Lipinski definition) is 3. The molecule has 0 unspecified atom stereocenters. The topological polar surface area (TPSA) is 94.8 Å². The summed E-state index contributed by atoms with van der Waals surface area (Å²) >= 11 is 0. The van der Waals surface area contributed by atoms with Crippen molar-refractivity contribution in [3.63, 3.8) is 0 Å². The zero-order valence-corrected chi connectivity index (χ0v) is 10.5. The molecule has 1 aromatic heterocycles. The van der Waals surface area contributed by atoms with Gasteiger partial charge < -0.3 is 10.3 Å². The lowest BCUT2D eigenvalue weighted by Crippen LogP contribution is -2.29. The van der Waals surface area contributed by atoms with Crippen LogP contribution in [-0.4, -0.2) is 15.9 Å². The summed E-state index contributed by atoms with van der Waals surface area (Å²) in [5.41, 5.74) is 1.24. The number of carbonyl (C=O) groups excluding carboxylic acids is 1. The number of rotatable bonds is 2. The van der Waals surface area contributed by atoms with Crippen LogP contribution in [0.4, 0.5) is 5.69 Å². The first-order chi connectivity index (χ1) is 8.97. The van der Waals surface area contributed by atoms with E-state index < -0.39 is 17.2 Å². The van der Waals surface area contributed by atoms with Crippen LogP contribution in [0.25, 0.3) is 0 Å². The predicted octanol–water partition coefficient (Wildman–Crippen LogP) is 0.932. The van der Waals surface area contributed by atoms with E-state index in [1.807, 2.05) is 31.0 Å². The number of carbonyl (C=O) groups is 1. The molecular weight excluding hydrogens is 246 g/mol. The molecule has 98 valence electrons.